The third-order valence-corrected chi connectivity index (χ3v) is 6.47. The van der Waals surface area contributed by atoms with E-state index in [0.29, 0.717) is 33.0 Å². The number of anilines is 1. The molecule has 0 unspecified atom stereocenters. The largest absolute Gasteiger partial charge is 0.490 e. The van der Waals surface area contributed by atoms with Gasteiger partial charge in [0.2, 0.25) is 0 Å². The van der Waals surface area contributed by atoms with E-state index < -0.39 is 0 Å². The zero-order chi connectivity index (χ0) is 28.1. The second-order valence-electron chi connectivity index (χ2n) is 9.57. The second-order valence-corrected chi connectivity index (χ2v) is 9.57. The van der Waals surface area contributed by atoms with Gasteiger partial charge >= 0.3 is 0 Å². The molecule has 0 saturated carbocycles. The fourth-order valence-electron chi connectivity index (χ4n) is 4.25. The number of ether oxygens (including phenoxy) is 4. The highest BCUT2D eigenvalue weighted by Gasteiger charge is 2.08. The molecule has 0 amide bonds. The van der Waals surface area contributed by atoms with Crippen molar-refractivity contribution in [1.82, 2.24) is 0 Å². The molecule has 0 atom stereocenters. The van der Waals surface area contributed by atoms with Crippen LogP contribution in [0.1, 0.15) is 29.2 Å². The Morgan fingerprint density at radius 3 is 1.54 bits per heavy atom. The number of hydrogen-bond acceptors (Lipinski definition) is 5. The van der Waals surface area contributed by atoms with Gasteiger partial charge in [0.05, 0.1) is 6.61 Å². The zero-order valence-electron chi connectivity index (χ0n) is 23.3. The maximum Gasteiger partial charge on any atom is 0.161 e. The van der Waals surface area contributed by atoms with Crippen molar-refractivity contribution in [1.29, 1.82) is 0 Å². The first-order chi connectivity index (χ1) is 20.2. The molecule has 0 saturated heterocycles. The lowest BCUT2D eigenvalue weighted by Gasteiger charge is -2.14. The van der Waals surface area contributed by atoms with E-state index >= 15 is 0 Å². The van der Waals surface area contributed by atoms with Crippen molar-refractivity contribution in [3.63, 3.8) is 0 Å². The van der Waals surface area contributed by atoms with E-state index in [4.69, 9.17) is 18.9 Å². The third kappa shape index (κ3) is 8.54. The van der Waals surface area contributed by atoms with Crippen molar-refractivity contribution in [3.05, 3.63) is 150 Å². The van der Waals surface area contributed by atoms with Crippen molar-refractivity contribution in [2.75, 3.05) is 11.9 Å². The molecule has 5 nitrogen and oxygen atoms in total. The van der Waals surface area contributed by atoms with E-state index in [-0.39, 0.29) is 0 Å². The number of nitrogens with one attached hydrogen (secondary N) is 1. The Hall–Kier alpha value is -4.90. The normalized spacial score (nSPS) is 10.6. The van der Waals surface area contributed by atoms with Crippen molar-refractivity contribution >= 4 is 5.69 Å². The number of benzene rings is 5. The van der Waals surface area contributed by atoms with Gasteiger partial charge in [0.25, 0.3) is 0 Å². The quantitative estimate of drug-likeness (QED) is 0.152. The van der Waals surface area contributed by atoms with E-state index in [2.05, 4.69) is 59.9 Å². The highest BCUT2D eigenvalue weighted by Crippen LogP contribution is 2.30. The van der Waals surface area contributed by atoms with Gasteiger partial charge in [-0.2, -0.15) is 0 Å². The third-order valence-electron chi connectivity index (χ3n) is 6.47. The number of hydrogen-bond donors (Lipinski definition) is 1. The minimum absolute atomic E-state index is 0.493. The molecule has 208 valence electrons. The van der Waals surface area contributed by atoms with Crippen molar-refractivity contribution in [3.8, 4) is 23.0 Å². The van der Waals surface area contributed by atoms with Crippen LogP contribution in [0.4, 0.5) is 5.69 Å². The van der Waals surface area contributed by atoms with Gasteiger partial charge in [0, 0.05) is 12.2 Å². The van der Waals surface area contributed by atoms with E-state index in [1.807, 2.05) is 79.7 Å². The lowest BCUT2D eigenvalue weighted by Crippen LogP contribution is -2.03. The molecular weight excluding hydrogens is 510 g/mol. The van der Waals surface area contributed by atoms with Gasteiger partial charge < -0.3 is 24.3 Å². The summed E-state index contributed by atoms with van der Waals surface area (Å²) in [4.78, 5) is 0. The van der Waals surface area contributed by atoms with Crippen molar-refractivity contribution in [2.45, 2.75) is 33.3 Å². The van der Waals surface area contributed by atoms with Crippen LogP contribution in [-0.4, -0.2) is 6.61 Å². The van der Waals surface area contributed by atoms with Gasteiger partial charge in [-0.25, -0.2) is 0 Å². The Bertz CT molecular complexity index is 1470. The van der Waals surface area contributed by atoms with Crippen LogP contribution in [0.2, 0.25) is 0 Å². The van der Waals surface area contributed by atoms with Crippen LogP contribution in [0.3, 0.4) is 0 Å². The molecule has 1 N–H and O–H groups in total. The van der Waals surface area contributed by atoms with E-state index in [1.165, 1.54) is 0 Å². The summed E-state index contributed by atoms with van der Waals surface area (Å²) < 4.78 is 23.7. The molecule has 0 aliphatic carbocycles. The fraction of sp³-hybridized carbons (Fsp3) is 0.167. The average Bonchev–Trinajstić information content (AvgIpc) is 3.03. The van der Waals surface area contributed by atoms with Crippen molar-refractivity contribution in [2.24, 2.45) is 0 Å². The molecule has 0 aliphatic rings. The average molecular weight is 546 g/mol. The summed E-state index contributed by atoms with van der Waals surface area (Å²) in [5, 5.41) is 3.49. The molecule has 0 spiro atoms. The Kier molecular flexibility index (Phi) is 9.77. The van der Waals surface area contributed by atoms with Crippen molar-refractivity contribution < 1.29 is 18.9 Å². The van der Waals surface area contributed by atoms with E-state index in [9.17, 15) is 0 Å². The molecule has 5 heteroatoms. The van der Waals surface area contributed by atoms with Gasteiger partial charge in [-0.3, -0.25) is 0 Å². The molecule has 41 heavy (non-hydrogen) atoms. The van der Waals surface area contributed by atoms with E-state index in [0.717, 1.165) is 50.9 Å². The van der Waals surface area contributed by atoms with E-state index in [1.54, 1.807) is 0 Å². The first kappa shape index (κ1) is 27.7. The molecular formula is C36H35NO4. The Morgan fingerprint density at radius 2 is 0.976 bits per heavy atom. The van der Waals surface area contributed by atoms with Crippen LogP contribution in [0.15, 0.2) is 127 Å². The molecule has 0 fully saturated rings. The molecule has 5 aromatic rings. The van der Waals surface area contributed by atoms with Gasteiger partial charge in [-0.05, 0) is 77.7 Å². The molecule has 0 heterocycles. The maximum atomic E-state index is 6.03. The summed E-state index contributed by atoms with van der Waals surface area (Å²) in [5.41, 5.74) is 5.51. The first-order valence-corrected chi connectivity index (χ1v) is 13.9. The molecule has 0 bridgehead atoms. The summed E-state index contributed by atoms with van der Waals surface area (Å²) in [6, 6.07) is 42.4. The lowest BCUT2D eigenvalue weighted by atomic mass is 10.1. The summed E-state index contributed by atoms with van der Waals surface area (Å²) in [7, 11) is 0. The van der Waals surface area contributed by atoms with Gasteiger partial charge in [-0.1, -0.05) is 78.9 Å². The van der Waals surface area contributed by atoms with Crippen LogP contribution in [-0.2, 0) is 26.4 Å². The summed E-state index contributed by atoms with van der Waals surface area (Å²) in [6.07, 6.45) is 0. The maximum absolute atomic E-state index is 6.03. The predicted octanol–water partition coefficient (Wildman–Crippen LogP) is 8.43. The Morgan fingerprint density at radius 1 is 0.463 bits per heavy atom. The van der Waals surface area contributed by atoms with Gasteiger partial charge in [-0.15, -0.1) is 0 Å². The molecule has 5 aromatic carbocycles. The SMILES string of the molecule is CCOc1cc(CNc2ccc(COc3ccc(OCc4ccccc4)cc3)cc2)ccc1OCc1ccccc1. The predicted molar refractivity (Wildman–Crippen MR) is 164 cm³/mol. The summed E-state index contributed by atoms with van der Waals surface area (Å²) in [6.45, 7) is 4.77. The second kappa shape index (κ2) is 14.5. The fourth-order valence-corrected chi connectivity index (χ4v) is 4.25. The molecule has 0 aromatic heterocycles. The monoisotopic (exact) mass is 545 g/mol. The lowest BCUT2D eigenvalue weighted by molar-refractivity contribution is 0.269. The van der Waals surface area contributed by atoms with Crippen LogP contribution >= 0.6 is 0 Å². The summed E-state index contributed by atoms with van der Waals surface area (Å²) in [5.74, 6) is 3.13. The topological polar surface area (TPSA) is 49.0 Å². The van der Waals surface area contributed by atoms with Gasteiger partial charge in [0.15, 0.2) is 11.5 Å². The highest BCUT2D eigenvalue weighted by atomic mass is 16.5. The summed E-state index contributed by atoms with van der Waals surface area (Å²) >= 11 is 0. The number of rotatable bonds is 14. The Balaban J connectivity index is 1.08. The van der Waals surface area contributed by atoms with Crippen LogP contribution < -0.4 is 24.3 Å². The zero-order valence-corrected chi connectivity index (χ0v) is 23.3. The van der Waals surface area contributed by atoms with Gasteiger partial charge in [0.1, 0.15) is 31.3 Å². The Labute approximate surface area is 242 Å². The molecule has 5 rings (SSSR count). The standard InChI is InChI=1S/C36H35NO4/c1-2-38-36-23-31(15-22-35(36)41-27-29-11-7-4-8-12-29)24-37-32-16-13-30(14-17-32)26-40-34-20-18-33(19-21-34)39-25-28-9-5-3-6-10-28/h3-23,37H,2,24-27H2,1H3. The highest BCUT2D eigenvalue weighted by molar-refractivity contribution is 5.48. The minimum atomic E-state index is 0.493. The molecule has 0 aliphatic heterocycles. The van der Waals surface area contributed by atoms with Crippen LogP contribution in [0.5, 0.6) is 23.0 Å². The van der Waals surface area contributed by atoms with Crippen LogP contribution in [0.25, 0.3) is 0 Å². The van der Waals surface area contributed by atoms with Crippen LogP contribution in [0, 0.1) is 0 Å². The minimum Gasteiger partial charge on any atom is -0.490 e. The smallest absolute Gasteiger partial charge is 0.161 e. The first-order valence-electron chi connectivity index (χ1n) is 13.9. The molecule has 0 radical (unpaired) electrons.